The topological polar surface area (TPSA) is 46.2 Å². The zero-order valence-corrected chi connectivity index (χ0v) is 11.5. The number of halogens is 2. The molecule has 0 aliphatic carbocycles. The third-order valence-corrected chi connectivity index (χ3v) is 3.84. The molecule has 0 fully saturated rings. The van der Waals surface area contributed by atoms with Gasteiger partial charge in [-0.15, -0.1) is 23.7 Å². The molecule has 0 saturated carbocycles. The van der Waals surface area contributed by atoms with Crippen molar-refractivity contribution >= 4 is 39.7 Å². The van der Waals surface area contributed by atoms with E-state index in [1.54, 1.807) is 29.5 Å². The Morgan fingerprint density at radius 3 is 2.69 bits per heavy atom. The van der Waals surface area contributed by atoms with Crippen LogP contribution in [0.3, 0.4) is 0 Å². The predicted molar refractivity (Wildman–Crippen MR) is 73.4 cm³/mol. The maximum atomic E-state index is 9.41. The zero-order valence-electron chi connectivity index (χ0n) is 8.26. The highest BCUT2D eigenvalue weighted by atomic mass is 79.9. The van der Waals surface area contributed by atoms with Crippen molar-refractivity contribution in [3.63, 3.8) is 0 Å². The molecule has 86 valence electrons. The minimum absolute atomic E-state index is 0. The molecule has 2 nitrogen and oxygen atoms in total. The van der Waals surface area contributed by atoms with Crippen molar-refractivity contribution in [3.05, 3.63) is 50.6 Å². The summed E-state index contributed by atoms with van der Waals surface area (Å²) in [6.45, 7) is 0. The summed E-state index contributed by atoms with van der Waals surface area (Å²) in [6.07, 6.45) is 0. The fraction of sp³-hybridized carbons (Fsp3) is 0.0909. The van der Waals surface area contributed by atoms with Gasteiger partial charge in [0.15, 0.2) is 0 Å². The smallest absolute Gasteiger partial charge is 0.116 e. The summed E-state index contributed by atoms with van der Waals surface area (Å²) in [6, 6.07) is 8.90. The van der Waals surface area contributed by atoms with Gasteiger partial charge in [0.1, 0.15) is 5.75 Å². The lowest BCUT2D eigenvalue weighted by molar-refractivity contribution is 0.474. The lowest BCUT2D eigenvalue weighted by Crippen LogP contribution is -2.10. The van der Waals surface area contributed by atoms with E-state index in [0.717, 1.165) is 14.9 Å². The molecule has 3 N–H and O–H groups in total. The van der Waals surface area contributed by atoms with Gasteiger partial charge in [-0.3, -0.25) is 0 Å². The number of phenolic OH excluding ortho intramolecular Hbond substituents is 1. The monoisotopic (exact) mass is 319 g/mol. The molecule has 2 aromatic rings. The molecule has 1 aromatic heterocycles. The van der Waals surface area contributed by atoms with Crippen LogP contribution in [-0.4, -0.2) is 5.11 Å². The fourth-order valence-corrected chi connectivity index (χ4v) is 2.63. The average molecular weight is 321 g/mol. The SMILES string of the molecule is Cl.N[C@H](c1cccs1)c1cc(O)ccc1Br. The number of aromatic hydroxyl groups is 1. The summed E-state index contributed by atoms with van der Waals surface area (Å²) in [4.78, 5) is 1.08. The van der Waals surface area contributed by atoms with Gasteiger partial charge < -0.3 is 10.8 Å². The van der Waals surface area contributed by atoms with E-state index in [-0.39, 0.29) is 24.2 Å². The largest absolute Gasteiger partial charge is 0.508 e. The highest BCUT2D eigenvalue weighted by Crippen LogP contribution is 2.31. The van der Waals surface area contributed by atoms with E-state index >= 15 is 0 Å². The molecular formula is C11H11BrClNOS. The van der Waals surface area contributed by atoms with E-state index in [4.69, 9.17) is 5.73 Å². The van der Waals surface area contributed by atoms with Crippen LogP contribution in [0.4, 0.5) is 0 Å². The molecule has 0 unspecified atom stereocenters. The average Bonchev–Trinajstić information content (AvgIpc) is 2.74. The van der Waals surface area contributed by atoms with Gasteiger partial charge in [0, 0.05) is 9.35 Å². The zero-order chi connectivity index (χ0) is 10.8. The summed E-state index contributed by atoms with van der Waals surface area (Å²) in [5.41, 5.74) is 7.00. The minimum atomic E-state index is -0.188. The van der Waals surface area contributed by atoms with Crippen molar-refractivity contribution in [2.75, 3.05) is 0 Å². The van der Waals surface area contributed by atoms with Gasteiger partial charge in [-0.25, -0.2) is 0 Å². The summed E-state index contributed by atoms with van der Waals surface area (Å²) in [7, 11) is 0. The van der Waals surface area contributed by atoms with Crippen molar-refractivity contribution in [3.8, 4) is 5.75 Å². The van der Waals surface area contributed by atoms with Gasteiger partial charge >= 0.3 is 0 Å². The second-order valence-electron chi connectivity index (χ2n) is 3.20. The van der Waals surface area contributed by atoms with E-state index in [2.05, 4.69) is 15.9 Å². The van der Waals surface area contributed by atoms with Gasteiger partial charge in [-0.05, 0) is 35.2 Å². The van der Waals surface area contributed by atoms with Crippen LogP contribution in [0.2, 0.25) is 0 Å². The molecule has 2 rings (SSSR count). The molecule has 0 aliphatic rings. The van der Waals surface area contributed by atoms with E-state index in [0.29, 0.717) is 0 Å². The first-order valence-corrected chi connectivity index (χ1v) is 6.13. The second kappa shape index (κ2) is 5.68. The van der Waals surface area contributed by atoms with E-state index < -0.39 is 0 Å². The van der Waals surface area contributed by atoms with Crippen molar-refractivity contribution in [2.24, 2.45) is 5.73 Å². The molecule has 0 spiro atoms. The lowest BCUT2D eigenvalue weighted by atomic mass is 10.1. The number of hydrogen-bond acceptors (Lipinski definition) is 3. The van der Waals surface area contributed by atoms with Crippen LogP contribution >= 0.6 is 39.7 Å². The fourth-order valence-electron chi connectivity index (χ4n) is 1.39. The Labute approximate surface area is 113 Å². The first-order valence-electron chi connectivity index (χ1n) is 4.46. The predicted octanol–water partition coefficient (Wildman–Crippen LogP) is 3.69. The quantitative estimate of drug-likeness (QED) is 0.886. The highest BCUT2D eigenvalue weighted by Gasteiger charge is 2.13. The number of nitrogens with two attached hydrogens (primary N) is 1. The Morgan fingerprint density at radius 1 is 1.31 bits per heavy atom. The number of rotatable bonds is 2. The summed E-state index contributed by atoms with van der Waals surface area (Å²) in [5.74, 6) is 0.236. The molecule has 1 heterocycles. The molecule has 1 aromatic carbocycles. The van der Waals surface area contributed by atoms with Crippen LogP contribution < -0.4 is 5.73 Å². The van der Waals surface area contributed by atoms with Crippen molar-refractivity contribution in [1.29, 1.82) is 0 Å². The highest BCUT2D eigenvalue weighted by molar-refractivity contribution is 9.10. The van der Waals surface area contributed by atoms with Crippen molar-refractivity contribution < 1.29 is 5.11 Å². The third kappa shape index (κ3) is 2.77. The van der Waals surface area contributed by atoms with Crippen molar-refractivity contribution in [2.45, 2.75) is 6.04 Å². The Kier molecular flexibility index (Phi) is 4.80. The van der Waals surface area contributed by atoms with Crippen molar-refractivity contribution in [1.82, 2.24) is 0 Å². The lowest BCUT2D eigenvalue weighted by Gasteiger charge is -2.12. The molecule has 0 saturated heterocycles. The molecular weight excluding hydrogens is 310 g/mol. The maximum Gasteiger partial charge on any atom is 0.116 e. The number of hydrogen-bond donors (Lipinski definition) is 2. The molecule has 16 heavy (non-hydrogen) atoms. The van der Waals surface area contributed by atoms with Crippen LogP contribution in [0.5, 0.6) is 5.75 Å². The Balaban J connectivity index is 0.00000128. The van der Waals surface area contributed by atoms with E-state index in [1.807, 2.05) is 17.5 Å². The maximum absolute atomic E-state index is 9.41. The van der Waals surface area contributed by atoms with Crippen LogP contribution in [-0.2, 0) is 0 Å². The summed E-state index contributed by atoms with van der Waals surface area (Å²) >= 11 is 5.04. The van der Waals surface area contributed by atoms with Gasteiger partial charge in [-0.2, -0.15) is 0 Å². The van der Waals surface area contributed by atoms with E-state index in [1.165, 1.54) is 0 Å². The van der Waals surface area contributed by atoms with Crippen LogP contribution in [0.25, 0.3) is 0 Å². The Hall–Kier alpha value is -0.550. The third-order valence-electron chi connectivity index (χ3n) is 2.16. The minimum Gasteiger partial charge on any atom is -0.508 e. The standard InChI is InChI=1S/C11H10BrNOS.ClH/c12-9-4-3-7(14)6-8(9)11(13)10-2-1-5-15-10;/h1-6,11,14H,13H2;1H/t11-;/m0./s1. The van der Waals surface area contributed by atoms with Gasteiger partial charge in [0.2, 0.25) is 0 Å². The molecule has 0 bridgehead atoms. The summed E-state index contributed by atoms with van der Waals surface area (Å²) in [5, 5.41) is 11.4. The number of phenols is 1. The van der Waals surface area contributed by atoms with Gasteiger partial charge in [-0.1, -0.05) is 22.0 Å². The second-order valence-corrected chi connectivity index (χ2v) is 5.03. The van der Waals surface area contributed by atoms with Crippen LogP contribution in [0, 0.1) is 0 Å². The van der Waals surface area contributed by atoms with Crippen LogP contribution in [0.15, 0.2) is 40.2 Å². The first kappa shape index (κ1) is 13.5. The van der Waals surface area contributed by atoms with Gasteiger partial charge in [0.05, 0.1) is 6.04 Å². The number of benzene rings is 1. The Morgan fingerprint density at radius 2 is 2.06 bits per heavy atom. The first-order chi connectivity index (χ1) is 7.18. The molecule has 0 amide bonds. The molecule has 1 atom stereocenters. The van der Waals surface area contributed by atoms with E-state index in [9.17, 15) is 5.11 Å². The molecule has 0 radical (unpaired) electrons. The van der Waals surface area contributed by atoms with Crippen LogP contribution in [0.1, 0.15) is 16.5 Å². The summed E-state index contributed by atoms with van der Waals surface area (Å²) < 4.78 is 0.918. The van der Waals surface area contributed by atoms with Gasteiger partial charge in [0.25, 0.3) is 0 Å². The normalized spacial score (nSPS) is 11.9. The Bertz CT molecular complexity index is 461. The number of thiophene rings is 1. The molecule has 0 aliphatic heterocycles. The molecule has 5 heteroatoms.